The van der Waals surface area contributed by atoms with Gasteiger partial charge in [-0.25, -0.2) is 0 Å². The van der Waals surface area contributed by atoms with Gasteiger partial charge < -0.3 is 24.2 Å². The number of carbonyl (C=O) groups is 2. The van der Waals surface area contributed by atoms with Crippen molar-refractivity contribution in [2.75, 3.05) is 52.6 Å². The van der Waals surface area contributed by atoms with E-state index in [0.29, 0.717) is 50.8 Å². The van der Waals surface area contributed by atoms with Gasteiger partial charge in [0.25, 0.3) is 11.7 Å². The normalized spacial score (nSPS) is 19.6. The Morgan fingerprint density at radius 1 is 0.947 bits per heavy atom. The summed E-state index contributed by atoms with van der Waals surface area (Å²) in [6, 6.07) is 13.7. The molecule has 1 N–H and O–H groups in total. The average molecular weight is 523 g/mol. The van der Waals surface area contributed by atoms with Crippen LogP contribution < -0.4 is 9.47 Å². The molecule has 1 atom stereocenters. The number of hydrogen-bond donors (Lipinski definition) is 1. The zero-order valence-corrected chi connectivity index (χ0v) is 22.4. The third-order valence-electron chi connectivity index (χ3n) is 6.84. The summed E-state index contributed by atoms with van der Waals surface area (Å²) in [5.41, 5.74) is 1.27. The van der Waals surface area contributed by atoms with Crippen molar-refractivity contribution >= 4 is 17.4 Å². The fourth-order valence-corrected chi connectivity index (χ4v) is 4.72. The molecule has 0 radical (unpaired) electrons. The molecule has 1 amide bonds. The highest BCUT2D eigenvalue weighted by molar-refractivity contribution is 6.46. The van der Waals surface area contributed by atoms with Gasteiger partial charge in [-0.15, -0.1) is 0 Å². The lowest BCUT2D eigenvalue weighted by Gasteiger charge is -2.31. The van der Waals surface area contributed by atoms with Crippen LogP contribution in [-0.4, -0.2) is 79.2 Å². The lowest BCUT2D eigenvalue weighted by molar-refractivity contribution is -0.140. The van der Waals surface area contributed by atoms with Gasteiger partial charge in [-0.2, -0.15) is 0 Å². The molecule has 2 aliphatic heterocycles. The number of aliphatic hydroxyl groups excluding tert-OH is 1. The molecule has 2 saturated heterocycles. The van der Waals surface area contributed by atoms with Crippen LogP contribution >= 0.6 is 0 Å². The maximum atomic E-state index is 13.4. The number of ketones is 1. The number of morpholine rings is 1. The van der Waals surface area contributed by atoms with E-state index in [1.54, 1.807) is 23.1 Å². The number of likely N-dealkylation sites (tertiary alicyclic amines) is 1. The van der Waals surface area contributed by atoms with Crippen molar-refractivity contribution in [3.8, 4) is 11.5 Å². The Morgan fingerprint density at radius 2 is 1.68 bits per heavy atom. The molecule has 4 rings (SSSR count). The van der Waals surface area contributed by atoms with Crippen LogP contribution in [0.2, 0.25) is 0 Å². The third-order valence-corrected chi connectivity index (χ3v) is 6.84. The number of ether oxygens (including phenoxy) is 3. The molecule has 8 heteroatoms. The number of unbranched alkanes of at least 4 members (excludes halogenated alkanes) is 1. The summed E-state index contributed by atoms with van der Waals surface area (Å²) in [4.78, 5) is 30.5. The van der Waals surface area contributed by atoms with Gasteiger partial charge in [-0.05, 0) is 42.7 Å². The lowest BCUT2D eigenvalue weighted by Crippen LogP contribution is -2.42. The van der Waals surface area contributed by atoms with E-state index in [2.05, 4.69) is 11.8 Å². The van der Waals surface area contributed by atoms with E-state index >= 15 is 0 Å². The van der Waals surface area contributed by atoms with Crippen LogP contribution in [0.15, 0.2) is 54.1 Å². The number of amides is 1. The zero-order chi connectivity index (χ0) is 26.9. The molecule has 0 spiro atoms. The number of nitrogens with zero attached hydrogens (tertiary/aromatic N) is 2. The third kappa shape index (κ3) is 6.55. The average Bonchev–Trinajstić information content (AvgIpc) is 3.20. The van der Waals surface area contributed by atoms with E-state index in [9.17, 15) is 14.7 Å². The molecule has 38 heavy (non-hydrogen) atoms. The zero-order valence-electron chi connectivity index (χ0n) is 22.4. The second kappa shape index (κ2) is 13.4. The Bertz CT molecular complexity index is 1120. The van der Waals surface area contributed by atoms with Crippen molar-refractivity contribution in [1.82, 2.24) is 9.80 Å². The minimum atomic E-state index is -0.707. The topological polar surface area (TPSA) is 88.5 Å². The van der Waals surface area contributed by atoms with Crippen LogP contribution in [0.4, 0.5) is 0 Å². The highest BCUT2D eigenvalue weighted by Gasteiger charge is 2.46. The van der Waals surface area contributed by atoms with Crippen molar-refractivity contribution in [3.63, 3.8) is 0 Å². The van der Waals surface area contributed by atoms with Crippen LogP contribution in [0.25, 0.3) is 5.76 Å². The number of carbonyl (C=O) groups excluding carboxylic acids is 2. The van der Waals surface area contributed by atoms with Crippen molar-refractivity contribution < 1.29 is 28.9 Å². The summed E-state index contributed by atoms with van der Waals surface area (Å²) in [6.45, 7) is 9.15. The molecule has 2 fully saturated rings. The van der Waals surface area contributed by atoms with Gasteiger partial charge >= 0.3 is 0 Å². The molecule has 2 aromatic carbocycles. The Labute approximate surface area is 224 Å². The molecule has 8 nitrogen and oxygen atoms in total. The molecular weight excluding hydrogens is 484 g/mol. The van der Waals surface area contributed by atoms with Crippen LogP contribution in [0, 0.1) is 0 Å². The van der Waals surface area contributed by atoms with Crippen molar-refractivity contribution in [1.29, 1.82) is 0 Å². The Hall–Kier alpha value is -3.36. The van der Waals surface area contributed by atoms with Crippen molar-refractivity contribution in [2.24, 2.45) is 0 Å². The Balaban J connectivity index is 1.68. The minimum Gasteiger partial charge on any atom is -0.507 e. The first-order valence-electron chi connectivity index (χ1n) is 13.6. The van der Waals surface area contributed by atoms with Gasteiger partial charge in [0.2, 0.25) is 0 Å². The van der Waals surface area contributed by atoms with E-state index < -0.39 is 17.7 Å². The summed E-state index contributed by atoms with van der Waals surface area (Å²) in [5, 5.41) is 11.4. The standard InChI is InChI=1S/C30H38N2O6/c1-3-5-18-38-25-8-6-7-23(21-25)28(33)26-27(22-9-11-24(12-10-22)37-17-4-2)32(30(35)29(26)34)14-13-31-15-19-36-20-16-31/h6-12,21,27,33H,3-5,13-20H2,1-2H3. The fourth-order valence-electron chi connectivity index (χ4n) is 4.72. The molecule has 0 saturated carbocycles. The van der Waals surface area contributed by atoms with Gasteiger partial charge in [0.15, 0.2) is 0 Å². The monoisotopic (exact) mass is 522 g/mol. The lowest BCUT2D eigenvalue weighted by atomic mass is 9.95. The number of benzene rings is 2. The first kappa shape index (κ1) is 27.7. The predicted octanol–water partition coefficient (Wildman–Crippen LogP) is 4.41. The van der Waals surface area contributed by atoms with E-state index in [-0.39, 0.29) is 11.3 Å². The number of hydrogen-bond acceptors (Lipinski definition) is 7. The van der Waals surface area contributed by atoms with E-state index in [0.717, 1.165) is 43.7 Å². The summed E-state index contributed by atoms with van der Waals surface area (Å²) in [7, 11) is 0. The Kier molecular flexibility index (Phi) is 9.79. The molecule has 204 valence electrons. The molecule has 2 aliphatic rings. The van der Waals surface area contributed by atoms with E-state index in [4.69, 9.17) is 14.2 Å². The summed E-state index contributed by atoms with van der Waals surface area (Å²) in [5.74, 6) is -0.158. The quantitative estimate of drug-likeness (QED) is 0.191. The first-order valence-corrected chi connectivity index (χ1v) is 13.6. The molecule has 1 unspecified atom stereocenters. The summed E-state index contributed by atoms with van der Waals surface area (Å²) in [6.07, 6.45) is 2.82. The molecule has 0 aromatic heterocycles. The van der Waals surface area contributed by atoms with Crippen molar-refractivity contribution in [3.05, 3.63) is 65.2 Å². The predicted molar refractivity (Wildman–Crippen MR) is 145 cm³/mol. The van der Waals surface area contributed by atoms with Gasteiger partial charge in [-0.1, -0.05) is 44.5 Å². The largest absolute Gasteiger partial charge is 0.507 e. The smallest absolute Gasteiger partial charge is 0.295 e. The highest BCUT2D eigenvalue weighted by atomic mass is 16.5. The molecule has 2 aromatic rings. The van der Waals surface area contributed by atoms with Gasteiger partial charge in [-0.3, -0.25) is 14.5 Å². The SMILES string of the molecule is CCCCOc1cccc(C(O)=C2C(=O)C(=O)N(CCN3CCOCC3)C2c2ccc(OCCC)cc2)c1. The van der Waals surface area contributed by atoms with E-state index in [1.807, 2.05) is 37.3 Å². The number of rotatable bonds is 12. The number of Topliss-reactive ketones (excluding diaryl/α,β-unsaturated/α-hetero) is 1. The summed E-state index contributed by atoms with van der Waals surface area (Å²) >= 11 is 0. The Morgan fingerprint density at radius 3 is 2.39 bits per heavy atom. The molecule has 0 bridgehead atoms. The number of aliphatic hydroxyl groups is 1. The van der Waals surface area contributed by atoms with Crippen LogP contribution in [0.1, 0.15) is 50.3 Å². The maximum absolute atomic E-state index is 13.4. The molecule has 0 aliphatic carbocycles. The minimum absolute atomic E-state index is 0.0879. The van der Waals surface area contributed by atoms with Crippen LogP contribution in [-0.2, 0) is 14.3 Å². The molecule has 2 heterocycles. The second-order valence-corrected chi connectivity index (χ2v) is 9.59. The fraction of sp³-hybridized carbons (Fsp3) is 0.467. The first-order chi connectivity index (χ1) is 18.5. The highest BCUT2D eigenvalue weighted by Crippen LogP contribution is 2.40. The maximum Gasteiger partial charge on any atom is 0.295 e. The molecular formula is C30H38N2O6. The van der Waals surface area contributed by atoms with Gasteiger partial charge in [0, 0.05) is 31.7 Å². The van der Waals surface area contributed by atoms with E-state index in [1.165, 1.54) is 0 Å². The second-order valence-electron chi connectivity index (χ2n) is 9.59. The van der Waals surface area contributed by atoms with Crippen LogP contribution in [0.3, 0.4) is 0 Å². The van der Waals surface area contributed by atoms with Gasteiger partial charge in [0.1, 0.15) is 17.3 Å². The van der Waals surface area contributed by atoms with Gasteiger partial charge in [0.05, 0.1) is 38.0 Å². The summed E-state index contributed by atoms with van der Waals surface area (Å²) < 4.78 is 17.0. The van der Waals surface area contributed by atoms with Crippen molar-refractivity contribution in [2.45, 2.75) is 39.2 Å². The van der Waals surface area contributed by atoms with Crippen LogP contribution in [0.5, 0.6) is 11.5 Å².